The third-order valence-corrected chi connectivity index (χ3v) is 5.60. The maximum atomic E-state index is 12.0. The van der Waals surface area contributed by atoms with Gasteiger partial charge in [0.1, 0.15) is 12.1 Å². The lowest BCUT2D eigenvalue weighted by Crippen LogP contribution is -2.26. The van der Waals surface area contributed by atoms with Gasteiger partial charge < -0.3 is 15.6 Å². The van der Waals surface area contributed by atoms with E-state index in [0.29, 0.717) is 16.9 Å². The molecular weight excluding hydrogens is 360 g/mol. The number of aldehydes is 1. The van der Waals surface area contributed by atoms with E-state index in [9.17, 15) is 14.7 Å². The minimum absolute atomic E-state index is 0.196. The first kappa shape index (κ1) is 24.9. The highest BCUT2D eigenvalue weighted by atomic mass is 32.2. The molecule has 0 radical (unpaired) electrons. The van der Waals surface area contributed by atoms with Gasteiger partial charge >= 0.3 is 5.97 Å². The number of carboxylic acid groups (broad SMARTS) is 1. The Morgan fingerprint density at radius 1 is 1.30 bits per heavy atom. The van der Waals surface area contributed by atoms with Gasteiger partial charge in [0.05, 0.1) is 10.8 Å². The molecule has 5 nitrogen and oxygen atoms in total. The molecule has 0 saturated carbocycles. The van der Waals surface area contributed by atoms with Crippen LogP contribution in [0.2, 0.25) is 0 Å². The highest BCUT2D eigenvalue weighted by Gasteiger charge is 2.35. The predicted molar refractivity (Wildman–Crippen MR) is 116 cm³/mol. The molecule has 0 aromatic heterocycles. The van der Waals surface area contributed by atoms with Crippen molar-refractivity contribution in [1.29, 1.82) is 0 Å². The van der Waals surface area contributed by atoms with Crippen molar-refractivity contribution in [3.8, 4) is 0 Å². The summed E-state index contributed by atoms with van der Waals surface area (Å²) in [6.07, 6.45) is 3.97. The fourth-order valence-electron chi connectivity index (χ4n) is 2.74. The van der Waals surface area contributed by atoms with E-state index in [2.05, 4.69) is 18.3 Å². The molecule has 0 heterocycles. The highest BCUT2D eigenvalue weighted by Crippen LogP contribution is 2.44. The summed E-state index contributed by atoms with van der Waals surface area (Å²) < 4.78 is 0. The molecule has 0 aliphatic heterocycles. The molecule has 0 fully saturated rings. The van der Waals surface area contributed by atoms with Crippen LogP contribution in [0.1, 0.15) is 54.4 Å². The topological polar surface area (TPSA) is 92.8 Å². The summed E-state index contributed by atoms with van der Waals surface area (Å²) in [6, 6.07) is 0. The van der Waals surface area contributed by atoms with Crippen LogP contribution in [0.5, 0.6) is 0 Å². The van der Waals surface area contributed by atoms with Gasteiger partial charge in [-0.05, 0) is 70.1 Å². The number of rotatable bonds is 11. The van der Waals surface area contributed by atoms with Gasteiger partial charge in [-0.25, -0.2) is 4.99 Å². The summed E-state index contributed by atoms with van der Waals surface area (Å²) in [4.78, 5) is 27.8. The number of aliphatic carboxylic acids is 1. The van der Waals surface area contributed by atoms with Crippen molar-refractivity contribution in [1.82, 2.24) is 0 Å². The lowest BCUT2D eigenvalue weighted by atomic mass is 9.79. The van der Waals surface area contributed by atoms with E-state index in [0.717, 1.165) is 23.9 Å². The van der Waals surface area contributed by atoms with Gasteiger partial charge in [-0.15, -0.1) is 11.8 Å². The zero-order valence-corrected chi connectivity index (χ0v) is 18.1. The Hall–Kier alpha value is -2.08. The fraction of sp³-hybridized carbons (Fsp3) is 0.476. The number of carbonyl (C=O) groups is 2. The van der Waals surface area contributed by atoms with Crippen LogP contribution in [-0.2, 0) is 9.59 Å². The normalized spacial score (nSPS) is 16.2. The first-order valence-electron chi connectivity index (χ1n) is 8.72. The molecule has 0 saturated heterocycles. The Balaban J connectivity index is 5.81. The van der Waals surface area contributed by atoms with E-state index in [1.807, 2.05) is 32.3 Å². The molecule has 1 atom stereocenters. The first-order valence-corrected chi connectivity index (χ1v) is 9.60. The van der Waals surface area contributed by atoms with Gasteiger partial charge in [0, 0.05) is 5.57 Å². The summed E-state index contributed by atoms with van der Waals surface area (Å²) in [5.41, 5.74) is 6.46. The third-order valence-electron chi connectivity index (χ3n) is 4.37. The standard InChI is InChI=1S/C21H32N2O3S/c1-9-10-15(3)17(18(22)23-8)21(7,13-24)16(4)27-12-14(2)11-20(5,6)19(25)26/h10,12-13H,4,8-9,11,22H2,1-3,5-7H3,(H,25,26)/b14-12+,15-10+,18-17+/t21-/m0/s1. The molecular formula is C21H32N2O3S. The molecule has 150 valence electrons. The predicted octanol–water partition coefficient (Wildman–Crippen LogP) is 5.07. The maximum Gasteiger partial charge on any atom is 0.309 e. The van der Waals surface area contributed by atoms with Crippen molar-refractivity contribution in [2.24, 2.45) is 21.6 Å². The summed E-state index contributed by atoms with van der Waals surface area (Å²) in [5, 5.41) is 11.1. The van der Waals surface area contributed by atoms with E-state index in [1.165, 1.54) is 11.8 Å². The van der Waals surface area contributed by atoms with Gasteiger partial charge in [-0.2, -0.15) is 0 Å². The number of hydrogen-bond acceptors (Lipinski definition) is 5. The van der Waals surface area contributed by atoms with Crippen LogP contribution >= 0.6 is 11.8 Å². The number of aliphatic imine (C=N–C) groups is 1. The summed E-state index contributed by atoms with van der Waals surface area (Å²) in [6.45, 7) is 18.4. The average molecular weight is 393 g/mol. The van der Waals surface area contributed by atoms with E-state index in [4.69, 9.17) is 5.73 Å². The molecule has 0 spiro atoms. The minimum Gasteiger partial charge on any atom is -0.481 e. The Morgan fingerprint density at radius 2 is 1.85 bits per heavy atom. The molecule has 27 heavy (non-hydrogen) atoms. The quantitative estimate of drug-likeness (QED) is 0.291. The van der Waals surface area contributed by atoms with E-state index in [1.54, 1.807) is 20.8 Å². The molecule has 3 N–H and O–H groups in total. The molecule has 0 aliphatic carbocycles. The zero-order valence-electron chi connectivity index (χ0n) is 17.3. The Kier molecular flexibility index (Phi) is 9.51. The van der Waals surface area contributed by atoms with Crippen LogP contribution in [-0.4, -0.2) is 24.1 Å². The minimum atomic E-state index is -1.05. The second-order valence-electron chi connectivity index (χ2n) is 7.40. The second-order valence-corrected chi connectivity index (χ2v) is 8.37. The SMILES string of the molecule is C=N/C(N)=C(\C(C)=C\CC)[C@@](C)(C=O)C(=C)S/C=C(\C)CC(C)(C)C(=O)O. The fourth-order valence-corrected chi connectivity index (χ4v) is 3.56. The van der Waals surface area contributed by atoms with Gasteiger partial charge in [0.25, 0.3) is 0 Å². The zero-order chi connectivity index (χ0) is 21.4. The highest BCUT2D eigenvalue weighted by molar-refractivity contribution is 8.05. The van der Waals surface area contributed by atoms with Crippen LogP contribution in [0.4, 0.5) is 0 Å². The molecule has 0 bridgehead atoms. The van der Waals surface area contributed by atoms with Crippen molar-refractivity contribution in [3.05, 3.63) is 45.5 Å². The number of nitrogens with two attached hydrogens (primary N) is 1. The Labute approximate surface area is 167 Å². The Bertz CT molecular complexity index is 702. The van der Waals surface area contributed by atoms with Crippen molar-refractivity contribution >= 4 is 30.7 Å². The molecule has 0 aromatic carbocycles. The van der Waals surface area contributed by atoms with E-state index < -0.39 is 16.8 Å². The number of hydrogen-bond donors (Lipinski definition) is 2. The van der Waals surface area contributed by atoms with Crippen LogP contribution in [0.15, 0.2) is 50.5 Å². The first-order chi connectivity index (χ1) is 12.4. The van der Waals surface area contributed by atoms with E-state index >= 15 is 0 Å². The maximum absolute atomic E-state index is 12.0. The molecule has 0 unspecified atom stereocenters. The van der Waals surface area contributed by atoms with Crippen molar-refractivity contribution < 1.29 is 14.7 Å². The van der Waals surface area contributed by atoms with Gasteiger partial charge in [0.15, 0.2) is 0 Å². The van der Waals surface area contributed by atoms with Crippen molar-refractivity contribution in [3.63, 3.8) is 0 Å². The number of thioether (sulfide) groups is 1. The summed E-state index contributed by atoms with van der Waals surface area (Å²) in [7, 11) is 0. The number of carbonyl (C=O) groups excluding carboxylic acids is 1. The number of nitrogens with zero attached hydrogens (tertiary/aromatic N) is 1. The van der Waals surface area contributed by atoms with E-state index in [-0.39, 0.29) is 5.82 Å². The van der Waals surface area contributed by atoms with Crippen LogP contribution in [0.3, 0.4) is 0 Å². The largest absolute Gasteiger partial charge is 0.481 e. The van der Waals surface area contributed by atoms with Gasteiger partial charge in [0.2, 0.25) is 0 Å². The lowest BCUT2D eigenvalue weighted by Gasteiger charge is -2.29. The van der Waals surface area contributed by atoms with Gasteiger partial charge in [-0.3, -0.25) is 4.79 Å². The molecule has 0 aliphatic rings. The molecule has 0 rings (SSSR count). The third kappa shape index (κ3) is 6.54. The van der Waals surface area contributed by atoms with Crippen molar-refractivity contribution in [2.75, 3.05) is 0 Å². The van der Waals surface area contributed by atoms with Crippen LogP contribution in [0, 0.1) is 10.8 Å². The summed E-state index contributed by atoms with van der Waals surface area (Å²) in [5.74, 6) is -0.659. The number of allylic oxidation sites excluding steroid dienone is 5. The van der Waals surface area contributed by atoms with Crippen molar-refractivity contribution in [2.45, 2.75) is 54.4 Å². The summed E-state index contributed by atoms with van der Waals surface area (Å²) >= 11 is 1.30. The molecule has 0 aromatic rings. The van der Waals surface area contributed by atoms with Gasteiger partial charge in [-0.1, -0.05) is 25.2 Å². The second kappa shape index (κ2) is 10.3. The Morgan fingerprint density at radius 3 is 2.26 bits per heavy atom. The smallest absolute Gasteiger partial charge is 0.309 e. The average Bonchev–Trinajstić information content (AvgIpc) is 2.58. The molecule has 0 amide bonds. The van der Waals surface area contributed by atoms with Crippen LogP contribution < -0.4 is 5.73 Å². The monoisotopic (exact) mass is 392 g/mol. The number of carboxylic acids is 1. The van der Waals surface area contributed by atoms with Crippen LogP contribution in [0.25, 0.3) is 0 Å². The molecule has 6 heteroatoms. The lowest BCUT2D eigenvalue weighted by molar-refractivity contribution is -0.146.